The smallest absolute Gasteiger partial charge is 0.407 e. The van der Waals surface area contributed by atoms with E-state index < -0.39 is 54.6 Å². The predicted octanol–water partition coefficient (Wildman–Crippen LogP) is 3.51. The molecule has 0 aromatic heterocycles. The summed E-state index contributed by atoms with van der Waals surface area (Å²) in [5.41, 5.74) is 0. The van der Waals surface area contributed by atoms with E-state index in [2.05, 4.69) is 50.8 Å². The lowest BCUT2D eigenvalue weighted by Crippen LogP contribution is -2.36. The topological polar surface area (TPSA) is 397 Å². The molecule has 0 radical (unpaired) electrons. The molecule has 0 aliphatic heterocycles. The Kier molecular flexibility index (Phi) is 81.0. The third-order valence-electron chi connectivity index (χ3n) is 10.4. The van der Waals surface area contributed by atoms with Gasteiger partial charge < -0.3 is 108 Å². The number of rotatable bonds is 53. The van der Waals surface area contributed by atoms with Gasteiger partial charge >= 0.3 is 48.5 Å². The van der Waals surface area contributed by atoms with E-state index in [4.69, 9.17) is 56.8 Å². The molecule has 0 saturated heterocycles. The van der Waals surface area contributed by atoms with Gasteiger partial charge in [0.05, 0.1) is 112 Å². The summed E-state index contributed by atoms with van der Waals surface area (Å²) >= 11 is 0. The lowest BCUT2D eigenvalue weighted by molar-refractivity contribution is -0.142. The van der Waals surface area contributed by atoms with Crippen LogP contribution in [0, 0.1) is 0 Å². The van der Waals surface area contributed by atoms with E-state index in [0.29, 0.717) is 131 Å². The number of methoxy groups -OCH3 is 4. The van der Waals surface area contributed by atoms with Crippen LogP contribution in [0.4, 0.5) is 28.8 Å². The van der Waals surface area contributed by atoms with Crippen molar-refractivity contribution in [3.8, 4) is 0 Å². The van der Waals surface area contributed by atoms with Crippen molar-refractivity contribution in [3.05, 3.63) is 0 Å². The molecule has 0 aliphatic rings. The van der Waals surface area contributed by atoms with Crippen LogP contribution in [0.5, 0.6) is 0 Å². The van der Waals surface area contributed by atoms with Crippen molar-refractivity contribution in [1.82, 2.24) is 41.7 Å². The molecule has 6 amide bonds. The molecule has 34 heteroatoms. The number of carbonyl (C=O) groups excluding carboxylic acids is 10. The fourth-order valence-electron chi connectivity index (χ4n) is 6.18. The van der Waals surface area contributed by atoms with Crippen LogP contribution in [0.2, 0.25) is 0 Å². The maximum Gasteiger partial charge on any atom is 0.407 e. The number of nitrogens with one attached hydrogen (secondary N) is 6. The normalized spacial score (nSPS) is 10.1. The molecular weight excluding hydrogens is 1250 g/mol. The van der Waals surface area contributed by atoms with Gasteiger partial charge in [-0.05, 0) is 33.1 Å². The Hall–Kier alpha value is -6.50. The summed E-state index contributed by atoms with van der Waals surface area (Å²) in [6.07, 6.45) is -1.29. The minimum Gasteiger partial charge on any atom is -0.465 e. The van der Waals surface area contributed by atoms with E-state index in [0.717, 1.165) is 6.42 Å². The van der Waals surface area contributed by atoms with Gasteiger partial charge in [0.1, 0.15) is 44.1 Å². The minimum atomic E-state index is -0.673. The van der Waals surface area contributed by atoms with Crippen molar-refractivity contribution in [2.24, 2.45) is 0 Å². The lowest BCUT2D eigenvalue weighted by Gasteiger charge is -2.20. The third kappa shape index (κ3) is 83.5. The number of hydrogen-bond acceptors (Lipinski definition) is 28. The molecule has 0 aromatic rings. The quantitative estimate of drug-likeness (QED) is 0.0288. The minimum absolute atomic E-state index is 0. The van der Waals surface area contributed by atoms with Crippen molar-refractivity contribution in [3.63, 3.8) is 0 Å². The van der Waals surface area contributed by atoms with Crippen molar-refractivity contribution in [2.45, 2.75) is 102 Å². The van der Waals surface area contributed by atoms with Crippen molar-refractivity contribution in [1.29, 1.82) is 0 Å². The van der Waals surface area contributed by atoms with Gasteiger partial charge in [-0.15, -0.1) is 0 Å². The Morgan fingerprint density at radius 2 is 0.553 bits per heavy atom. The molecule has 0 heterocycles. The van der Waals surface area contributed by atoms with E-state index in [9.17, 15) is 47.9 Å². The number of amides is 6. The number of ketones is 2. The number of hydrogen-bond donors (Lipinski definition) is 6. The van der Waals surface area contributed by atoms with Crippen LogP contribution in [0.25, 0.3) is 0 Å². The van der Waals surface area contributed by atoms with Gasteiger partial charge in [0, 0.05) is 121 Å². The van der Waals surface area contributed by atoms with Crippen LogP contribution in [0.1, 0.15) is 95.4 Å². The number of carbonyl (C=O) groups is 10. The molecule has 0 rings (SSSR count). The molecule has 6 N–H and O–H groups in total. The monoisotopic (exact) mass is 1370 g/mol. The Labute approximate surface area is 558 Å². The van der Waals surface area contributed by atoms with E-state index in [1.54, 1.807) is 38.2 Å². The molecule has 0 atom stereocenters. The maximum atomic E-state index is 12.3. The van der Waals surface area contributed by atoms with Crippen LogP contribution >= 0.6 is 0 Å². The number of Topliss-reactive ketones (excluding diaryl/α,β-unsaturated/α-hetero) is 2. The van der Waals surface area contributed by atoms with Crippen LogP contribution in [0.15, 0.2) is 0 Å². The summed E-state index contributed by atoms with van der Waals surface area (Å²) < 4.78 is 80.2. The van der Waals surface area contributed by atoms with Gasteiger partial charge in [0.25, 0.3) is 0 Å². The first-order valence-electron chi connectivity index (χ1n) is 30.7. The maximum absolute atomic E-state index is 12.3. The molecule has 556 valence electrons. The molecule has 0 unspecified atom stereocenters. The summed E-state index contributed by atoms with van der Waals surface area (Å²) in [4.78, 5) is 118. The molecule has 0 aromatic carbocycles. The number of nitrogens with zero attached hydrogens (tertiary/aromatic N) is 2. The predicted molar refractivity (Wildman–Crippen MR) is 347 cm³/mol. The molecular formula is C60H120N8O26. The molecule has 0 spiro atoms. The Balaban J connectivity index is -0.000000360. The summed E-state index contributed by atoms with van der Waals surface area (Å²) in [5.74, 6) is -0.900. The third-order valence-corrected chi connectivity index (χ3v) is 10.4. The first-order chi connectivity index (χ1) is 44.2. The fraction of sp³-hybridized carbons (Fsp3) is 0.833. The molecule has 0 bridgehead atoms. The molecule has 0 saturated carbocycles. The first-order valence-corrected chi connectivity index (χ1v) is 30.7. The standard InChI is InChI=1S/C30H55N5O13.C20H37N3O9.2C4H10O2.2CH4/c1-5-15-45-27(38)31-9-7-26(8-10-32-28(39)46-16-6-2)48-30(41)34-12-18-43-22-21-42-17-11-33-29(40)47-20-14-35(23-24(3)36)13-19-44-25(4)37;1-4-9-31-19(26)21-5-10-28-14-15-29-11-6-22-20(27)32-13-8-23(16-17(2)24)7-12-30-18(3)25;2*1-5-3-4-6-2;;/h26H,5-23H2,1-4H3,(H,31,38)(H,32,39)(H,33,40)(H,34,41);4-16H2,1-3H3,(H,21,26)(H,22,27);2*3-4H2,1-2H3;2*1H4. The lowest BCUT2D eigenvalue weighted by atomic mass is 10.2. The molecule has 0 aliphatic carbocycles. The highest BCUT2D eigenvalue weighted by Crippen LogP contribution is 2.05. The average Bonchev–Trinajstić information content (AvgIpc) is 2.67. The fourth-order valence-corrected chi connectivity index (χ4v) is 6.18. The second-order valence-corrected chi connectivity index (χ2v) is 18.9. The van der Waals surface area contributed by atoms with E-state index >= 15 is 0 Å². The van der Waals surface area contributed by atoms with E-state index in [-0.39, 0.29) is 125 Å². The van der Waals surface area contributed by atoms with Crippen LogP contribution < -0.4 is 31.9 Å². The van der Waals surface area contributed by atoms with E-state index in [1.807, 2.05) is 20.8 Å². The van der Waals surface area contributed by atoms with Gasteiger partial charge in [0.15, 0.2) is 0 Å². The SMILES string of the molecule is C.C.CCCOC(=O)NCCC(CCNC(=O)OCCC)OC(=O)NCCOCCOCCNC(=O)OCCN(CCOC(C)=O)CC(C)=O.CCCOC(=O)NCCOCCOCCNC(=O)OCCN(CCOC(C)=O)CC(C)=O.COCCOC.COCCOC. The first kappa shape index (κ1) is 98.6. The van der Waals surface area contributed by atoms with Gasteiger partial charge in [-0.3, -0.25) is 29.0 Å². The summed E-state index contributed by atoms with van der Waals surface area (Å²) in [6.45, 7) is 20.8. The summed E-state index contributed by atoms with van der Waals surface area (Å²) in [7, 11) is 6.61. The summed E-state index contributed by atoms with van der Waals surface area (Å²) in [6, 6.07) is 0. The van der Waals surface area contributed by atoms with Crippen LogP contribution in [-0.4, -0.2) is 308 Å². The highest BCUT2D eigenvalue weighted by molar-refractivity contribution is 5.78. The zero-order chi connectivity index (χ0) is 69.5. The van der Waals surface area contributed by atoms with Crippen molar-refractivity contribution < 1.29 is 124 Å². The zero-order valence-electron chi connectivity index (χ0n) is 56.5. The Morgan fingerprint density at radius 1 is 0.309 bits per heavy atom. The molecule has 0 fully saturated rings. The van der Waals surface area contributed by atoms with Crippen molar-refractivity contribution in [2.75, 3.05) is 233 Å². The van der Waals surface area contributed by atoms with E-state index in [1.165, 1.54) is 27.7 Å². The average molecular weight is 1370 g/mol. The van der Waals surface area contributed by atoms with Gasteiger partial charge in [-0.1, -0.05) is 35.6 Å². The van der Waals surface area contributed by atoms with Gasteiger partial charge in [-0.25, -0.2) is 28.8 Å². The Morgan fingerprint density at radius 3 is 0.798 bits per heavy atom. The van der Waals surface area contributed by atoms with Crippen LogP contribution in [0.3, 0.4) is 0 Å². The zero-order valence-corrected chi connectivity index (χ0v) is 56.5. The highest BCUT2D eigenvalue weighted by atomic mass is 16.6. The van der Waals surface area contributed by atoms with Gasteiger partial charge in [0.2, 0.25) is 0 Å². The van der Waals surface area contributed by atoms with Crippen LogP contribution in [-0.2, 0) is 95.0 Å². The summed E-state index contributed by atoms with van der Waals surface area (Å²) in [5, 5.41) is 15.4. The highest BCUT2D eigenvalue weighted by Gasteiger charge is 2.17. The Bertz CT molecular complexity index is 1810. The second kappa shape index (κ2) is 77.2. The van der Waals surface area contributed by atoms with Gasteiger partial charge in [-0.2, -0.15) is 0 Å². The second-order valence-electron chi connectivity index (χ2n) is 18.9. The van der Waals surface area contributed by atoms with Crippen molar-refractivity contribution >= 4 is 60.1 Å². The molecule has 94 heavy (non-hydrogen) atoms. The number of ether oxygens (including phenoxy) is 16. The number of esters is 2. The number of alkyl carbamates (subject to hydrolysis) is 6. The molecule has 34 nitrogen and oxygen atoms in total. The largest absolute Gasteiger partial charge is 0.465 e.